The molecule has 0 spiro atoms. The smallest absolute Gasteiger partial charge is 0.0366 e. The van der Waals surface area contributed by atoms with Gasteiger partial charge in [0.05, 0.1) is 0 Å². The zero-order chi connectivity index (χ0) is 11.8. The van der Waals surface area contributed by atoms with Gasteiger partial charge in [0.2, 0.25) is 0 Å². The van der Waals surface area contributed by atoms with Gasteiger partial charge >= 0.3 is 0 Å². The van der Waals surface area contributed by atoms with Crippen LogP contribution < -0.4 is 4.90 Å². The van der Waals surface area contributed by atoms with Crippen LogP contribution >= 0.6 is 0 Å². The molecule has 0 saturated carbocycles. The summed E-state index contributed by atoms with van der Waals surface area (Å²) in [6, 6.07) is 8.98. The highest BCUT2D eigenvalue weighted by Gasteiger charge is 2.01. The monoisotopic (exact) mass is 219 g/mol. The van der Waals surface area contributed by atoms with Crippen molar-refractivity contribution in [3.8, 4) is 0 Å². The van der Waals surface area contributed by atoms with E-state index in [1.165, 1.54) is 43.4 Å². The summed E-state index contributed by atoms with van der Waals surface area (Å²) >= 11 is 0. The number of hydrogen-bond donors (Lipinski definition) is 0. The predicted octanol–water partition coefficient (Wildman–Crippen LogP) is 4.27. The van der Waals surface area contributed by atoms with Crippen LogP contribution in [-0.2, 0) is 6.42 Å². The van der Waals surface area contributed by atoms with Crippen molar-refractivity contribution in [2.45, 2.75) is 46.0 Å². The van der Waals surface area contributed by atoms with Gasteiger partial charge in [-0.2, -0.15) is 0 Å². The van der Waals surface area contributed by atoms with E-state index < -0.39 is 0 Å². The maximum Gasteiger partial charge on any atom is 0.0366 e. The first-order valence-electron chi connectivity index (χ1n) is 6.58. The van der Waals surface area contributed by atoms with Crippen LogP contribution in [0.2, 0.25) is 0 Å². The Morgan fingerprint density at radius 1 is 1.06 bits per heavy atom. The summed E-state index contributed by atoms with van der Waals surface area (Å²) in [5.41, 5.74) is 2.84. The lowest BCUT2D eigenvalue weighted by Crippen LogP contribution is -2.18. The second-order valence-corrected chi connectivity index (χ2v) is 4.55. The first-order chi connectivity index (χ1) is 7.77. The summed E-state index contributed by atoms with van der Waals surface area (Å²) in [5.74, 6) is 0. The molecule has 1 aromatic carbocycles. The van der Waals surface area contributed by atoms with Gasteiger partial charge in [0.25, 0.3) is 0 Å². The van der Waals surface area contributed by atoms with Crippen molar-refractivity contribution in [3.63, 3.8) is 0 Å². The third-order valence-electron chi connectivity index (χ3n) is 3.02. The summed E-state index contributed by atoms with van der Waals surface area (Å²) in [4.78, 5) is 2.36. The number of aryl methyl sites for hydroxylation is 1. The van der Waals surface area contributed by atoms with Gasteiger partial charge < -0.3 is 4.90 Å². The topological polar surface area (TPSA) is 3.24 Å². The molecule has 1 nitrogen and oxygen atoms in total. The molecule has 16 heavy (non-hydrogen) atoms. The first kappa shape index (κ1) is 13.1. The molecule has 0 aromatic heterocycles. The summed E-state index contributed by atoms with van der Waals surface area (Å²) in [6.07, 6.45) is 6.32. The molecule has 0 radical (unpaired) electrons. The minimum absolute atomic E-state index is 1.16. The molecule has 0 saturated heterocycles. The summed E-state index contributed by atoms with van der Waals surface area (Å²) in [5, 5.41) is 0. The van der Waals surface area contributed by atoms with Crippen LogP contribution in [0.15, 0.2) is 24.3 Å². The van der Waals surface area contributed by atoms with E-state index in [1.54, 1.807) is 0 Å². The second kappa shape index (κ2) is 7.32. The van der Waals surface area contributed by atoms with Crippen LogP contribution in [0, 0.1) is 0 Å². The van der Waals surface area contributed by atoms with Gasteiger partial charge in [0.1, 0.15) is 0 Å². The van der Waals surface area contributed by atoms with E-state index in [4.69, 9.17) is 0 Å². The molecule has 90 valence electrons. The maximum atomic E-state index is 2.36. The lowest BCUT2D eigenvalue weighted by atomic mass is 10.1. The van der Waals surface area contributed by atoms with Crippen molar-refractivity contribution in [2.24, 2.45) is 0 Å². The molecular weight excluding hydrogens is 194 g/mol. The molecule has 0 fully saturated rings. The van der Waals surface area contributed by atoms with Gasteiger partial charge in [-0.1, -0.05) is 38.8 Å². The number of rotatable bonds is 7. The zero-order valence-corrected chi connectivity index (χ0v) is 11.0. The number of hydrogen-bond acceptors (Lipinski definition) is 1. The van der Waals surface area contributed by atoms with E-state index in [0.29, 0.717) is 0 Å². The van der Waals surface area contributed by atoms with Crippen molar-refractivity contribution in [1.29, 1.82) is 0 Å². The van der Waals surface area contributed by atoms with Crippen LogP contribution in [-0.4, -0.2) is 13.6 Å². The molecule has 0 amide bonds. The number of benzene rings is 1. The Balaban J connectivity index is 2.58. The van der Waals surface area contributed by atoms with Gasteiger partial charge in [0, 0.05) is 19.3 Å². The minimum Gasteiger partial charge on any atom is -0.375 e. The van der Waals surface area contributed by atoms with E-state index in [-0.39, 0.29) is 0 Å². The van der Waals surface area contributed by atoms with Crippen molar-refractivity contribution in [1.82, 2.24) is 0 Å². The summed E-state index contributed by atoms with van der Waals surface area (Å²) in [6.45, 7) is 5.65. The maximum absolute atomic E-state index is 2.36. The molecule has 1 rings (SSSR count). The van der Waals surface area contributed by atoms with Gasteiger partial charge in [-0.15, -0.1) is 0 Å². The van der Waals surface area contributed by atoms with Crippen LogP contribution in [0.1, 0.15) is 45.1 Å². The average Bonchev–Trinajstić information content (AvgIpc) is 2.33. The molecule has 0 atom stereocenters. The largest absolute Gasteiger partial charge is 0.375 e. The quantitative estimate of drug-likeness (QED) is 0.662. The van der Waals surface area contributed by atoms with Crippen LogP contribution in [0.5, 0.6) is 0 Å². The Hall–Kier alpha value is -0.980. The third kappa shape index (κ3) is 4.26. The van der Waals surface area contributed by atoms with Crippen LogP contribution in [0.4, 0.5) is 5.69 Å². The van der Waals surface area contributed by atoms with Crippen molar-refractivity contribution in [3.05, 3.63) is 29.8 Å². The first-order valence-corrected chi connectivity index (χ1v) is 6.58. The Bertz CT molecular complexity index is 293. The second-order valence-electron chi connectivity index (χ2n) is 4.55. The molecule has 0 aliphatic heterocycles. The molecule has 0 N–H and O–H groups in total. The molecular formula is C15H25N. The summed E-state index contributed by atoms with van der Waals surface area (Å²) < 4.78 is 0. The molecule has 0 heterocycles. The third-order valence-corrected chi connectivity index (χ3v) is 3.02. The Morgan fingerprint density at radius 2 is 1.81 bits per heavy atom. The fourth-order valence-corrected chi connectivity index (χ4v) is 1.85. The molecule has 1 heteroatoms. The van der Waals surface area contributed by atoms with E-state index in [2.05, 4.69) is 50.1 Å². The van der Waals surface area contributed by atoms with Crippen LogP contribution in [0.3, 0.4) is 0 Å². The molecule has 0 bridgehead atoms. The predicted molar refractivity (Wildman–Crippen MR) is 73.2 cm³/mol. The lowest BCUT2D eigenvalue weighted by Gasteiger charge is -2.19. The van der Waals surface area contributed by atoms with E-state index in [9.17, 15) is 0 Å². The van der Waals surface area contributed by atoms with Crippen LogP contribution in [0.25, 0.3) is 0 Å². The van der Waals surface area contributed by atoms with E-state index >= 15 is 0 Å². The highest BCUT2D eigenvalue weighted by Crippen LogP contribution is 2.16. The fraction of sp³-hybridized carbons (Fsp3) is 0.600. The average molecular weight is 219 g/mol. The number of unbranched alkanes of at least 4 members (excludes halogenated alkanes) is 2. The van der Waals surface area contributed by atoms with E-state index in [1.807, 2.05) is 0 Å². The van der Waals surface area contributed by atoms with Gasteiger partial charge in [-0.3, -0.25) is 0 Å². The lowest BCUT2D eigenvalue weighted by molar-refractivity contribution is 0.764. The zero-order valence-electron chi connectivity index (χ0n) is 11.0. The Kier molecular flexibility index (Phi) is 5.99. The van der Waals surface area contributed by atoms with Gasteiger partial charge in [0.15, 0.2) is 0 Å². The standard InChI is InChI=1S/C15H25N/c1-4-6-9-14-10-8-11-15(13-14)16(3)12-7-5-2/h8,10-11,13H,4-7,9,12H2,1-3H3. The van der Waals surface area contributed by atoms with Crippen molar-refractivity contribution < 1.29 is 0 Å². The number of anilines is 1. The SMILES string of the molecule is CCCCc1cccc(N(C)CCCC)c1. The molecule has 1 aromatic rings. The van der Waals surface area contributed by atoms with Gasteiger partial charge in [-0.25, -0.2) is 0 Å². The van der Waals surface area contributed by atoms with Gasteiger partial charge in [-0.05, 0) is 37.0 Å². The Labute approximate surface area is 100 Å². The molecule has 0 unspecified atom stereocenters. The molecule has 0 aliphatic rings. The Morgan fingerprint density at radius 3 is 2.50 bits per heavy atom. The number of nitrogens with zero attached hydrogens (tertiary/aromatic N) is 1. The minimum atomic E-state index is 1.16. The van der Waals surface area contributed by atoms with Crippen molar-refractivity contribution in [2.75, 3.05) is 18.5 Å². The van der Waals surface area contributed by atoms with Crippen molar-refractivity contribution >= 4 is 5.69 Å². The highest BCUT2D eigenvalue weighted by atomic mass is 15.1. The van der Waals surface area contributed by atoms with E-state index in [0.717, 1.165) is 6.54 Å². The fourth-order valence-electron chi connectivity index (χ4n) is 1.85. The normalized spacial score (nSPS) is 10.4. The summed E-state index contributed by atoms with van der Waals surface area (Å²) in [7, 11) is 2.19. The molecule has 0 aliphatic carbocycles. The highest BCUT2D eigenvalue weighted by molar-refractivity contribution is 5.47.